The molecule has 20 heavy (non-hydrogen) atoms. The molecule has 1 amide bonds. The van der Waals surface area contributed by atoms with Crippen molar-refractivity contribution < 1.29 is 13.2 Å². The first-order valence-electron chi connectivity index (χ1n) is 6.47. The van der Waals surface area contributed by atoms with Crippen molar-refractivity contribution in [2.24, 2.45) is 0 Å². The largest absolute Gasteiger partial charge is 0.318 e. The van der Waals surface area contributed by atoms with Gasteiger partial charge in [0.15, 0.2) is 9.84 Å². The predicted molar refractivity (Wildman–Crippen MR) is 76.1 cm³/mol. The Morgan fingerprint density at radius 1 is 1.35 bits per heavy atom. The van der Waals surface area contributed by atoms with Gasteiger partial charge < -0.3 is 4.90 Å². The number of rotatable bonds is 2. The second-order valence-electron chi connectivity index (χ2n) is 5.20. The Labute approximate surface area is 122 Å². The van der Waals surface area contributed by atoms with E-state index in [1.54, 1.807) is 17.0 Å². The molecule has 2 unspecified atom stereocenters. The van der Waals surface area contributed by atoms with Crippen LogP contribution < -0.4 is 5.32 Å². The van der Waals surface area contributed by atoms with Crippen LogP contribution in [0, 0.1) is 0 Å². The first-order chi connectivity index (χ1) is 9.46. The zero-order valence-electron chi connectivity index (χ0n) is 10.8. The van der Waals surface area contributed by atoms with E-state index < -0.39 is 9.84 Å². The summed E-state index contributed by atoms with van der Waals surface area (Å²) in [6.45, 7) is 0.230. The van der Waals surface area contributed by atoms with Gasteiger partial charge in [0.25, 0.3) is 0 Å². The van der Waals surface area contributed by atoms with Crippen molar-refractivity contribution in [3.63, 3.8) is 0 Å². The summed E-state index contributed by atoms with van der Waals surface area (Å²) < 4.78 is 23.2. The van der Waals surface area contributed by atoms with Gasteiger partial charge in [-0.1, -0.05) is 23.7 Å². The number of carbonyl (C=O) groups excluding carboxylic acids is 1. The van der Waals surface area contributed by atoms with Crippen LogP contribution in [0.3, 0.4) is 0 Å². The smallest absolute Gasteiger partial charge is 0.238 e. The summed E-state index contributed by atoms with van der Waals surface area (Å²) in [6.07, 6.45) is 0.215. The SMILES string of the molecule is O=C1CNC(c2cccc(Cl)c2)N1C1CCS(=O)(=O)C1. The van der Waals surface area contributed by atoms with Crippen molar-refractivity contribution in [2.75, 3.05) is 18.1 Å². The number of sulfone groups is 1. The predicted octanol–water partition coefficient (Wildman–Crippen LogP) is 0.958. The molecule has 2 aliphatic heterocycles. The van der Waals surface area contributed by atoms with E-state index in [1.165, 1.54) is 0 Å². The second kappa shape index (κ2) is 5.02. The Morgan fingerprint density at radius 3 is 2.80 bits per heavy atom. The number of hydrogen-bond acceptors (Lipinski definition) is 4. The Bertz CT molecular complexity index is 647. The first kappa shape index (κ1) is 13.9. The van der Waals surface area contributed by atoms with E-state index in [2.05, 4.69) is 5.32 Å². The van der Waals surface area contributed by atoms with Gasteiger partial charge in [-0.2, -0.15) is 0 Å². The molecule has 0 aromatic heterocycles. The molecule has 0 spiro atoms. The number of benzene rings is 1. The highest BCUT2D eigenvalue weighted by Gasteiger charge is 2.41. The standard InChI is InChI=1S/C13H15ClN2O3S/c14-10-3-1-2-9(6-10)13-15-7-12(17)16(13)11-4-5-20(18,19)8-11/h1-3,6,11,13,15H,4-5,7-8H2. The number of hydrogen-bond donors (Lipinski definition) is 1. The molecule has 2 heterocycles. The molecule has 0 aliphatic carbocycles. The average Bonchev–Trinajstić information content (AvgIpc) is 2.92. The van der Waals surface area contributed by atoms with Crippen LogP contribution >= 0.6 is 11.6 Å². The summed E-state index contributed by atoms with van der Waals surface area (Å²) in [5.41, 5.74) is 0.882. The molecule has 0 bridgehead atoms. The fourth-order valence-electron chi connectivity index (χ4n) is 2.88. The van der Waals surface area contributed by atoms with Gasteiger partial charge >= 0.3 is 0 Å². The lowest BCUT2D eigenvalue weighted by molar-refractivity contribution is -0.129. The van der Waals surface area contributed by atoms with E-state index in [-0.39, 0.29) is 36.2 Å². The molecule has 7 heteroatoms. The summed E-state index contributed by atoms with van der Waals surface area (Å²) in [7, 11) is -3.02. The number of nitrogens with one attached hydrogen (secondary N) is 1. The average molecular weight is 315 g/mol. The number of halogens is 1. The molecule has 0 radical (unpaired) electrons. The highest BCUT2D eigenvalue weighted by Crippen LogP contribution is 2.30. The Hall–Kier alpha value is -1.11. The fraction of sp³-hybridized carbons (Fsp3) is 0.462. The molecule has 108 valence electrons. The molecule has 0 saturated carbocycles. The molecule has 5 nitrogen and oxygen atoms in total. The van der Waals surface area contributed by atoms with Gasteiger partial charge in [0.1, 0.15) is 6.17 Å². The minimum absolute atomic E-state index is 0.0531. The first-order valence-corrected chi connectivity index (χ1v) is 8.67. The molecule has 1 aromatic rings. The Morgan fingerprint density at radius 2 is 2.15 bits per heavy atom. The van der Waals surface area contributed by atoms with Crippen LogP contribution in [0.5, 0.6) is 0 Å². The maximum atomic E-state index is 12.1. The number of amides is 1. The summed E-state index contributed by atoms with van der Waals surface area (Å²) in [6, 6.07) is 7.04. The summed E-state index contributed by atoms with van der Waals surface area (Å²) in [5, 5.41) is 3.73. The van der Waals surface area contributed by atoms with Crippen molar-refractivity contribution in [3.05, 3.63) is 34.9 Å². The van der Waals surface area contributed by atoms with Crippen molar-refractivity contribution in [2.45, 2.75) is 18.6 Å². The van der Waals surface area contributed by atoms with Gasteiger partial charge in [0, 0.05) is 11.1 Å². The Balaban J connectivity index is 1.90. The molecule has 1 N–H and O–H groups in total. The van der Waals surface area contributed by atoms with Gasteiger partial charge in [-0.25, -0.2) is 8.42 Å². The normalized spacial score (nSPS) is 29.1. The fourth-order valence-corrected chi connectivity index (χ4v) is 4.79. The van der Waals surface area contributed by atoms with Gasteiger partial charge in [-0.15, -0.1) is 0 Å². The zero-order valence-corrected chi connectivity index (χ0v) is 12.3. The highest BCUT2D eigenvalue weighted by atomic mass is 35.5. The maximum Gasteiger partial charge on any atom is 0.238 e. The van der Waals surface area contributed by atoms with Crippen LogP contribution in [-0.2, 0) is 14.6 Å². The van der Waals surface area contributed by atoms with E-state index in [1.807, 2.05) is 12.1 Å². The lowest BCUT2D eigenvalue weighted by Gasteiger charge is -2.29. The second-order valence-corrected chi connectivity index (χ2v) is 7.86. The van der Waals surface area contributed by atoms with Crippen LogP contribution in [0.15, 0.2) is 24.3 Å². The van der Waals surface area contributed by atoms with Crippen molar-refractivity contribution in [3.8, 4) is 0 Å². The third-order valence-electron chi connectivity index (χ3n) is 3.78. The van der Waals surface area contributed by atoms with Crippen LogP contribution in [0.1, 0.15) is 18.2 Å². The van der Waals surface area contributed by atoms with Crippen LogP contribution in [-0.4, -0.2) is 43.3 Å². The minimum Gasteiger partial charge on any atom is -0.318 e. The van der Waals surface area contributed by atoms with Gasteiger partial charge in [-0.05, 0) is 24.1 Å². The summed E-state index contributed by atoms with van der Waals surface area (Å²) >= 11 is 5.99. The number of nitrogens with zero attached hydrogens (tertiary/aromatic N) is 1. The zero-order chi connectivity index (χ0) is 14.3. The third kappa shape index (κ3) is 2.55. The lowest BCUT2D eigenvalue weighted by Crippen LogP contribution is -2.40. The van der Waals surface area contributed by atoms with Crippen LogP contribution in [0.25, 0.3) is 0 Å². The molecule has 2 atom stereocenters. The molecular formula is C13H15ClN2O3S. The molecular weight excluding hydrogens is 300 g/mol. The quantitative estimate of drug-likeness (QED) is 0.883. The van der Waals surface area contributed by atoms with Crippen molar-refractivity contribution in [1.82, 2.24) is 10.2 Å². The topological polar surface area (TPSA) is 66.5 Å². The van der Waals surface area contributed by atoms with E-state index in [9.17, 15) is 13.2 Å². The summed E-state index contributed by atoms with van der Waals surface area (Å²) in [5.74, 6) is 0.151. The third-order valence-corrected chi connectivity index (χ3v) is 5.76. The Kier molecular flexibility index (Phi) is 3.48. The highest BCUT2D eigenvalue weighted by molar-refractivity contribution is 7.91. The van der Waals surface area contributed by atoms with E-state index in [0.717, 1.165) is 5.56 Å². The van der Waals surface area contributed by atoms with Crippen LogP contribution in [0.4, 0.5) is 0 Å². The van der Waals surface area contributed by atoms with Gasteiger partial charge in [-0.3, -0.25) is 10.1 Å². The molecule has 3 rings (SSSR count). The molecule has 2 aliphatic rings. The van der Waals surface area contributed by atoms with Gasteiger partial charge in [0.2, 0.25) is 5.91 Å². The monoisotopic (exact) mass is 314 g/mol. The van der Waals surface area contributed by atoms with Gasteiger partial charge in [0.05, 0.1) is 18.1 Å². The van der Waals surface area contributed by atoms with E-state index >= 15 is 0 Å². The van der Waals surface area contributed by atoms with Crippen LogP contribution in [0.2, 0.25) is 5.02 Å². The van der Waals surface area contributed by atoms with E-state index in [4.69, 9.17) is 11.6 Å². The number of carbonyl (C=O) groups is 1. The summed E-state index contributed by atoms with van der Waals surface area (Å²) in [4.78, 5) is 13.7. The molecule has 2 saturated heterocycles. The van der Waals surface area contributed by atoms with Crippen molar-refractivity contribution in [1.29, 1.82) is 0 Å². The minimum atomic E-state index is -3.02. The molecule has 1 aromatic carbocycles. The van der Waals surface area contributed by atoms with Crippen molar-refractivity contribution >= 4 is 27.3 Å². The molecule has 2 fully saturated rings. The van der Waals surface area contributed by atoms with E-state index in [0.29, 0.717) is 11.4 Å². The lowest BCUT2D eigenvalue weighted by atomic mass is 10.1. The maximum absolute atomic E-state index is 12.1.